The normalized spacial score (nSPS) is 15.6. The molecule has 2 N–H and O–H groups in total. The molecule has 0 atom stereocenters. The molecule has 1 aromatic carbocycles. The summed E-state index contributed by atoms with van der Waals surface area (Å²) < 4.78 is 1.79. The number of aromatic nitrogens is 2. The Morgan fingerprint density at radius 3 is 2.67 bits per heavy atom. The molecule has 0 saturated heterocycles. The van der Waals surface area contributed by atoms with Gasteiger partial charge in [-0.2, -0.15) is 5.10 Å². The minimum atomic E-state index is 0.533. The van der Waals surface area contributed by atoms with Gasteiger partial charge in [0.2, 0.25) is 0 Å². The smallest absolute Gasteiger partial charge is 0.148 e. The second-order valence-corrected chi connectivity index (χ2v) is 7.19. The van der Waals surface area contributed by atoms with Gasteiger partial charge >= 0.3 is 0 Å². The van der Waals surface area contributed by atoms with Crippen LogP contribution in [0.15, 0.2) is 30.5 Å². The predicted molar refractivity (Wildman–Crippen MR) is 102 cm³/mol. The average molecular weight is 367 g/mol. The fraction of sp³-hybridized carbons (Fsp3) is 0.500. The number of hydrogen-bond acceptors (Lipinski definition) is 3. The van der Waals surface area contributed by atoms with Gasteiger partial charge in [-0.3, -0.25) is 0 Å². The zero-order valence-electron chi connectivity index (χ0n) is 13.8. The molecule has 0 spiro atoms. The third-order valence-electron chi connectivity index (χ3n) is 4.52. The second-order valence-electron chi connectivity index (χ2n) is 6.38. The molecule has 1 saturated carbocycles. The van der Waals surface area contributed by atoms with E-state index in [1.807, 2.05) is 24.4 Å². The SMILES string of the molecule is Clc1ccc(-n2ccc(NCCNCC3CCCCC3)n2)cc1Cl. The van der Waals surface area contributed by atoms with Gasteiger partial charge < -0.3 is 10.6 Å². The molecule has 4 nitrogen and oxygen atoms in total. The van der Waals surface area contributed by atoms with Gasteiger partial charge in [-0.1, -0.05) is 42.5 Å². The molecule has 0 bridgehead atoms. The van der Waals surface area contributed by atoms with E-state index in [0.717, 1.165) is 37.1 Å². The van der Waals surface area contributed by atoms with Crippen molar-refractivity contribution in [1.29, 1.82) is 0 Å². The van der Waals surface area contributed by atoms with Crippen molar-refractivity contribution < 1.29 is 0 Å². The lowest BCUT2D eigenvalue weighted by Crippen LogP contribution is -2.28. The Labute approximate surface area is 153 Å². The van der Waals surface area contributed by atoms with E-state index < -0.39 is 0 Å². The number of anilines is 1. The minimum absolute atomic E-state index is 0.533. The van der Waals surface area contributed by atoms with Crippen LogP contribution in [-0.2, 0) is 0 Å². The molecule has 6 heteroatoms. The highest BCUT2D eigenvalue weighted by Crippen LogP contribution is 2.24. The molecule has 0 radical (unpaired) electrons. The average Bonchev–Trinajstić information content (AvgIpc) is 3.07. The van der Waals surface area contributed by atoms with E-state index in [9.17, 15) is 0 Å². The summed E-state index contributed by atoms with van der Waals surface area (Å²) in [6, 6.07) is 7.45. The van der Waals surface area contributed by atoms with E-state index in [-0.39, 0.29) is 0 Å². The number of halogens is 2. The molecular formula is C18H24Cl2N4. The van der Waals surface area contributed by atoms with Crippen LogP contribution in [0.5, 0.6) is 0 Å². The maximum Gasteiger partial charge on any atom is 0.148 e. The van der Waals surface area contributed by atoms with E-state index in [0.29, 0.717) is 10.0 Å². The van der Waals surface area contributed by atoms with Gasteiger partial charge in [-0.15, -0.1) is 0 Å². The van der Waals surface area contributed by atoms with Gasteiger partial charge in [-0.05, 0) is 43.5 Å². The number of benzene rings is 1. The highest BCUT2D eigenvalue weighted by molar-refractivity contribution is 6.42. The van der Waals surface area contributed by atoms with Gasteiger partial charge in [0.05, 0.1) is 15.7 Å². The molecule has 0 unspecified atom stereocenters. The number of hydrogen-bond donors (Lipinski definition) is 2. The first kappa shape index (κ1) is 17.6. The van der Waals surface area contributed by atoms with Gasteiger partial charge in [0.15, 0.2) is 0 Å². The zero-order chi connectivity index (χ0) is 16.8. The Hall–Kier alpha value is -1.23. The van der Waals surface area contributed by atoms with E-state index >= 15 is 0 Å². The molecule has 3 rings (SSSR count). The van der Waals surface area contributed by atoms with Crippen molar-refractivity contribution in [3.8, 4) is 5.69 Å². The van der Waals surface area contributed by atoms with Gasteiger partial charge in [0, 0.05) is 25.4 Å². The van der Waals surface area contributed by atoms with Gasteiger partial charge in [0.25, 0.3) is 0 Å². The molecule has 1 aliphatic carbocycles. The molecule has 24 heavy (non-hydrogen) atoms. The molecule has 1 fully saturated rings. The summed E-state index contributed by atoms with van der Waals surface area (Å²) in [5.41, 5.74) is 0.896. The Morgan fingerprint density at radius 2 is 1.88 bits per heavy atom. The van der Waals surface area contributed by atoms with Crippen molar-refractivity contribution in [2.24, 2.45) is 5.92 Å². The van der Waals surface area contributed by atoms with Crippen LogP contribution in [0.4, 0.5) is 5.82 Å². The molecule has 2 aromatic rings. The Balaban J connectivity index is 1.41. The lowest BCUT2D eigenvalue weighted by atomic mass is 9.89. The van der Waals surface area contributed by atoms with Crippen LogP contribution in [0.1, 0.15) is 32.1 Å². The molecule has 1 aliphatic rings. The highest BCUT2D eigenvalue weighted by Gasteiger charge is 2.12. The third kappa shape index (κ3) is 4.88. The summed E-state index contributed by atoms with van der Waals surface area (Å²) in [6.07, 6.45) is 8.90. The van der Waals surface area contributed by atoms with Crippen molar-refractivity contribution >= 4 is 29.0 Å². The standard InChI is InChI=1S/C18H24Cl2N4/c19-16-7-6-15(12-17(16)20)24-11-8-18(23-24)22-10-9-21-13-14-4-2-1-3-5-14/h6-8,11-12,14,21H,1-5,9-10,13H2,(H,22,23). The van der Waals surface area contributed by atoms with Gasteiger partial charge in [-0.25, -0.2) is 4.68 Å². The predicted octanol–water partition coefficient (Wildman–Crippen LogP) is 4.76. The van der Waals surface area contributed by atoms with Crippen molar-refractivity contribution in [3.63, 3.8) is 0 Å². The summed E-state index contributed by atoms with van der Waals surface area (Å²) in [6.45, 7) is 2.96. The summed E-state index contributed by atoms with van der Waals surface area (Å²) in [5, 5.41) is 12.5. The molecular weight excluding hydrogens is 343 g/mol. The van der Waals surface area contributed by atoms with Crippen molar-refractivity contribution in [3.05, 3.63) is 40.5 Å². The van der Waals surface area contributed by atoms with E-state index in [4.69, 9.17) is 23.2 Å². The van der Waals surface area contributed by atoms with Crippen LogP contribution in [0, 0.1) is 5.92 Å². The highest BCUT2D eigenvalue weighted by atomic mass is 35.5. The molecule has 1 heterocycles. The molecule has 0 aliphatic heterocycles. The Morgan fingerprint density at radius 1 is 1.04 bits per heavy atom. The lowest BCUT2D eigenvalue weighted by Gasteiger charge is -2.21. The number of rotatable bonds is 7. The monoisotopic (exact) mass is 366 g/mol. The summed E-state index contributed by atoms with van der Waals surface area (Å²) >= 11 is 12.0. The maximum absolute atomic E-state index is 6.06. The van der Waals surface area contributed by atoms with Crippen LogP contribution in [0.2, 0.25) is 10.0 Å². The minimum Gasteiger partial charge on any atom is -0.367 e. The lowest BCUT2D eigenvalue weighted by molar-refractivity contribution is 0.344. The van der Waals surface area contributed by atoms with Crippen molar-refractivity contribution in [2.75, 3.05) is 25.0 Å². The first-order valence-electron chi connectivity index (χ1n) is 8.68. The van der Waals surface area contributed by atoms with E-state index in [2.05, 4.69) is 15.7 Å². The summed E-state index contributed by atoms with van der Waals surface area (Å²) in [7, 11) is 0. The van der Waals surface area contributed by atoms with Crippen LogP contribution in [0.3, 0.4) is 0 Å². The topological polar surface area (TPSA) is 41.9 Å². The number of nitrogens with one attached hydrogen (secondary N) is 2. The summed E-state index contributed by atoms with van der Waals surface area (Å²) in [5.74, 6) is 1.73. The first-order valence-corrected chi connectivity index (χ1v) is 9.43. The third-order valence-corrected chi connectivity index (χ3v) is 5.26. The van der Waals surface area contributed by atoms with E-state index in [1.165, 1.54) is 32.1 Å². The molecule has 1 aromatic heterocycles. The summed E-state index contributed by atoms with van der Waals surface area (Å²) in [4.78, 5) is 0. The fourth-order valence-electron chi connectivity index (χ4n) is 3.17. The van der Waals surface area contributed by atoms with E-state index in [1.54, 1.807) is 10.7 Å². The van der Waals surface area contributed by atoms with Crippen LogP contribution < -0.4 is 10.6 Å². The van der Waals surface area contributed by atoms with Crippen LogP contribution >= 0.6 is 23.2 Å². The maximum atomic E-state index is 6.06. The van der Waals surface area contributed by atoms with Gasteiger partial charge in [0.1, 0.15) is 5.82 Å². The van der Waals surface area contributed by atoms with Crippen LogP contribution in [0.25, 0.3) is 5.69 Å². The van der Waals surface area contributed by atoms with Crippen molar-refractivity contribution in [1.82, 2.24) is 15.1 Å². The quantitative estimate of drug-likeness (QED) is 0.694. The Bertz CT molecular complexity index is 650. The first-order chi connectivity index (χ1) is 11.7. The molecule has 130 valence electrons. The molecule has 0 amide bonds. The number of nitrogens with zero attached hydrogens (tertiary/aromatic N) is 2. The van der Waals surface area contributed by atoms with Crippen molar-refractivity contribution in [2.45, 2.75) is 32.1 Å². The zero-order valence-corrected chi connectivity index (χ0v) is 15.3. The Kier molecular flexibility index (Phi) is 6.41. The second kappa shape index (κ2) is 8.75. The fourth-order valence-corrected chi connectivity index (χ4v) is 3.46. The largest absolute Gasteiger partial charge is 0.367 e. The van der Waals surface area contributed by atoms with Crippen LogP contribution in [-0.4, -0.2) is 29.4 Å².